The van der Waals surface area contributed by atoms with E-state index in [0.717, 1.165) is 25.7 Å². The fourth-order valence-electron chi connectivity index (χ4n) is 2.44. The van der Waals surface area contributed by atoms with E-state index in [1.807, 2.05) is 0 Å². The maximum absolute atomic E-state index is 11.7. The van der Waals surface area contributed by atoms with Crippen molar-refractivity contribution in [3.63, 3.8) is 0 Å². The molecule has 3 nitrogen and oxygen atoms in total. The lowest BCUT2D eigenvalue weighted by Crippen LogP contribution is -2.42. The predicted molar refractivity (Wildman–Crippen MR) is 50.9 cm³/mol. The fraction of sp³-hybridized carbons (Fsp3) is 0.818. The molecule has 0 heterocycles. The minimum Gasteiger partial charge on any atom is -0.480 e. The average molecular weight is 196 g/mol. The minimum absolute atomic E-state index is 0.0249. The summed E-state index contributed by atoms with van der Waals surface area (Å²) in [6.07, 6.45) is 5.63. The highest BCUT2D eigenvalue weighted by molar-refractivity contribution is 6.03. The van der Waals surface area contributed by atoms with Crippen molar-refractivity contribution in [1.82, 2.24) is 0 Å². The summed E-state index contributed by atoms with van der Waals surface area (Å²) < 4.78 is 0. The molecule has 2 aliphatic carbocycles. The zero-order chi connectivity index (χ0) is 10.2. The van der Waals surface area contributed by atoms with Crippen LogP contribution in [0.3, 0.4) is 0 Å². The first-order valence-electron chi connectivity index (χ1n) is 5.42. The largest absolute Gasteiger partial charge is 0.480 e. The predicted octanol–water partition coefficient (Wildman–Crippen LogP) is 2.00. The van der Waals surface area contributed by atoms with Gasteiger partial charge in [0.15, 0.2) is 0 Å². The molecule has 0 saturated heterocycles. The van der Waals surface area contributed by atoms with Gasteiger partial charge < -0.3 is 5.11 Å². The third-order valence-electron chi connectivity index (χ3n) is 3.53. The van der Waals surface area contributed by atoms with E-state index >= 15 is 0 Å². The molecule has 1 unspecified atom stereocenters. The summed E-state index contributed by atoms with van der Waals surface area (Å²) in [4.78, 5) is 23.0. The van der Waals surface area contributed by atoms with Gasteiger partial charge in [0.05, 0.1) is 0 Å². The van der Waals surface area contributed by atoms with E-state index in [-0.39, 0.29) is 5.78 Å². The van der Waals surface area contributed by atoms with Crippen LogP contribution < -0.4 is 0 Å². The Morgan fingerprint density at radius 1 is 1.43 bits per heavy atom. The molecule has 14 heavy (non-hydrogen) atoms. The van der Waals surface area contributed by atoms with Gasteiger partial charge in [-0.2, -0.15) is 0 Å². The number of carboxylic acid groups (broad SMARTS) is 1. The Labute approximate surface area is 83.5 Å². The molecular weight excluding hydrogens is 180 g/mol. The molecular formula is C11H16O3. The van der Waals surface area contributed by atoms with E-state index in [9.17, 15) is 14.7 Å². The van der Waals surface area contributed by atoms with Crippen molar-refractivity contribution in [2.75, 3.05) is 0 Å². The van der Waals surface area contributed by atoms with E-state index in [1.165, 1.54) is 0 Å². The molecule has 2 fully saturated rings. The van der Waals surface area contributed by atoms with Crippen LogP contribution in [0.5, 0.6) is 0 Å². The lowest BCUT2D eigenvalue weighted by Gasteiger charge is -2.31. The SMILES string of the molecule is O=C(O)C1(CC2CC2)CCCCC1=O. The maximum atomic E-state index is 11.7. The number of hydrogen-bond acceptors (Lipinski definition) is 2. The van der Waals surface area contributed by atoms with Gasteiger partial charge in [0.25, 0.3) is 0 Å². The zero-order valence-electron chi connectivity index (χ0n) is 8.29. The van der Waals surface area contributed by atoms with Gasteiger partial charge in [-0.05, 0) is 25.2 Å². The first kappa shape index (κ1) is 9.69. The molecule has 0 radical (unpaired) electrons. The van der Waals surface area contributed by atoms with Gasteiger partial charge >= 0.3 is 5.97 Å². The van der Waals surface area contributed by atoms with Crippen molar-refractivity contribution in [3.05, 3.63) is 0 Å². The molecule has 0 bridgehead atoms. The Kier molecular flexibility index (Phi) is 2.33. The number of ketones is 1. The molecule has 0 aromatic heterocycles. The van der Waals surface area contributed by atoms with Crippen molar-refractivity contribution in [1.29, 1.82) is 0 Å². The lowest BCUT2D eigenvalue weighted by atomic mass is 9.70. The quantitative estimate of drug-likeness (QED) is 0.702. The molecule has 0 spiro atoms. The van der Waals surface area contributed by atoms with Gasteiger partial charge in [0, 0.05) is 6.42 Å². The highest BCUT2D eigenvalue weighted by Gasteiger charge is 2.49. The molecule has 0 amide bonds. The van der Waals surface area contributed by atoms with Gasteiger partial charge in [-0.3, -0.25) is 9.59 Å². The van der Waals surface area contributed by atoms with E-state index in [1.54, 1.807) is 0 Å². The van der Waals surface area contributed by atoms with Crippen molar-refractivity contribution in [3.8, 4) is 0 Å². The van der Waals surface area contributed by atoms with E-state index < -0.39 is 11.4 Å². The standard InChI is InChI=1S/C11H16O3/c12-9-3-1-2-6-11(9,10(13)14)7-8-4-5-8/h8H,1-7H2,(H,13,14). The van der Waals surface area contributed by atoms with Crippen molar-refractivity contribution >= 4 is 11.8 Å². The van der Waals surface area contributed by atoms with Crippen molar-refractivity contribution in [2.45, 2.75) is 44.9 Å². The summed E-state index contributed by atoms with van der Waals surface area (Å²) in [5.74, 6) is -0.398. The van der Waals surface area contributed by atoms with Crippen LogP contribution >= 0.6 is 0 Å². The van der Waals surface area contributed by atoms with Crippen LogP contribution in [0.1, 0.15) is 44.9 Å². The van der Waals surface area contributed by atoms with Crippen LogP contribution in [0.4, 0.5) is 0 Å². The highest BCUT2D eigenvalue weighted by atomic mass is 16.4. The summed E-state index contributed by atoms with van der Waals surface area (Å²) >= 11 is 0. The Balaban J connectivity index is 2.17. The smallest absolute Gasteiger partial charge is 0.317 e. The molecule has 2 saturated carbocycles. The molecule has 1 N–H and O–H groups in total. The van der Waals surface area contributed by atoms with Crippen molar-refractivity contribution in [2.24, 2.45) is 11.3 Å². The maximum Gasteiger partial charge on any atom is 0.317 e. The van der Waals surface area contributed by atoms with E-state index in [4.69, 9.17) is 0 Å². The lowest BCUT2D eigenvalue weighted by molar-refractivity contribution is -0.158. The average Bonchev–Trinajstić information content (AvgIpc) is 2.92. The summed E-state index contributed by atoms with van der Waals surface area (Å²) in [6.45, 7) is 0. The number of rotatable bonds is 3. The topological polar surface area (TPSA) is 54.4 Å². The number of Topliss-reactive ketones (excluding diaryl/α,β-unsaturated/α-hetero) is 1. The number of hydrogen-bond donors (Lipinski definition) is 1. The molecule has 2 rings (SSSR count). The first-order chi connectivity index (χ1) is 6.65. The second-order valence-electron chi connectivity index (χ2n) is 4.67. The van der Waals surface area contributed by atoms with Gasteiger partial charge in [0.1, 0.15) is 11.2 Å². The third kappa shape index (κ3) is 1.56. The van der Waals surface area contributed by atoms with Gasteiger partial charge in [-0.15, -0.1) is 0 Å². The summed E-state index contributed by atoms with van der Waals surface area (Å²) in [5.41, 5.74) is -1.00. The van der Waals surface area contributed by atoms with Crippen molar-refractivity contribution < 1.29 is 14.7 Å². The molecule has 3 heteroatoms. The van der Waals surface area contributed by atoms with Crippen LogP contribution in [0.15, 0.2) is 0 Å². The second kappa shape index (κ2) is 3.37. The number of aliphatic carboxylic acids is 1. The van der Waals surface area contributed by atoms with Crippen LogP contribution in [0.2, 0.25) is 0 Å². The molecule has 0 aliphatic heterocycles. The summed E-state index contributed by atoms with van der Waals surface area (Å²) in [6, 6.07) is 0. The Bertz CT molecular complexity index is 268. The van der Waals surface area contributed by atoms with Crippen LogP contribution in [0, 0.1) is 11.3 Å². The Morgan fingerprint density at radius 3 is 2.64 bits per heavy atom. The molecule has 1 atom stereocenters. The molecule has 0 aromatic rings. The second-order valence-corrected chi connectivity index (χ2v) is 4.67. The molecule has 2 aliphatic rings. The minimum atomic E-state index is -1.00. The molecule has 0 aromatic carbocycles. The number of carbonyl (C=O) groups excluding carboxylic acids is 1. The molecule has 78 valence electrons. The monoisotopic (exact) mass is 196 g/mol. The highest BCUT2D eigenvalue weighted by Crippen LogP contribution is 2.46. The zero-order valence-corrected chi connectivity index (χ0v) is 8.29. The van der Waals surface area contributed by atoms with Gasteiger partial charge in [-0.25, -0.2) is 0 Å². The Morgan fingerprint density at radius 2 is 2.14 bits per heavy atom. The van der Waals surface area contributed by atoms with Crippen LogP contribution in [-0.2, 0) is 9.59 Å². The van der Waals surface area contributed by atoms with E-state index in [0.29, 0.717) is 25.2 Å². The summed E-state index contributed by atoms with van der Waals surface area (Å²) in [5, 5.41) is 9.22. The number of carbonyl (C=O) groups is 2. The van der Waals surface area contributed by atoms with E-state index in [2.05, 4.69) is 0 Å². The van der Waals surface area contributed by atoms with Gasteiger partial charge in [0.2, 0.25) is 0 Å². The normalized spacial score (nSPS) is 33.0. The summed E-state index contributed by atoms with van der Waals surface area (Å²) in [7, 11) is 0. The van der Waals surface area contributed by atoms with Gasteiger partial charge in [-0.1, -0.05) is 19.3 Å². The fourth-order valence-corrected chi connectivity index (χ4v) is 2.44. The first-order valence-corrected chi connectivity index (χ1v) is 5.42. The van der Waals surface area contributed by atoms with Crippen LogP contribution in [-0.4, -0.2) is 16.9 Å². The van der Waals surface area contributed by atoms with Crippen LogP contribution in [0.25, 0.3) is 0 Å². The Hall–Kier alpha value is -0.860. The third-order valence-corrected chi connectivity index (χ3v) is 3.53. The number of carboxylic acids is 1.